The van der Waals surface area contributed by atoms with Crippen LogP contribution in [0.5, 0.6) is 0 Å². The largest absolute Gasteiger partial charge is 0.329 e. The van der Waals surface area contributed by atoms with Gasteiger partial charge >= 0.3 is 0 Å². The van der Waals surface area contributed by atoms with Gasteiger partial charge in [0, 0.05) is 35.8 Å². The fraction of sp³-hybridized carbons (Fsp3) is 0.385. The molecule has 1 unspecified atom stereocenters. The topological polar surface area (TPSA) is 108 Å². The molecule has 186 valence electrons. The van der Waals surface area contributed by atoms with Gasteiger partial charge < -0.3 is 15.5 Å². The number of carbonyl (C=O) groups is 4. The van der Waals surface area contributed by atoms with Crippen molar-refractivity contribution >= 4 is 41.4 Å². The van der Waals surface area contributed by atoms with E-state index in [9.17, 15) is 19.2 Å². The number of hydrogen-bond acceptors (Lipinski definition) is 5. The molecule has 1 saturated heterocycles. The minimum Gasteiger partial charge on any atom is -0.329 e. The quantitative estimate of drug-likeness (QED) is 0.417. The summed E-state index contributed by atoms with van der Waals surface area (Å²) in [5.74, 6) is -0.455. The van der Waals surface area contributed by atoms with E-state index in [1.165, 1.54) is 11.1 Å². The molecule has 4 rings (SSSR count). The average Bonchev–Trinajstić information content (AvgIpc) is 3.13. The molecule has 0 aliphatic carbocycles. The van der Waals surface area contributed by atoms with Crippen molar-refractivity contribution in [2.45, 2.75) is 58.7 Å². The van der Waals surface area contributed by atoms with Gasteiger partial charge in [-0.3, -0.25) is 24.5 Å². The Morgan fingerprint density at radius 1 is 1.20 bits per heavy atom. The monoisotopic (exact) mass is 498 g/mol. The van der Waals surface area contributed by atoms with Crippen LogP contribution in [0.1, 0.15) is 65.2 Å². The predicted octanol–water partition coefficient (Wildman–Crippen LogP) is 3.51. The van der Waals surface area contributed by atoms with Crippen molar-refractivity contribution < 1.29 is 19.2 Å². The van der Waals surface area contributed by atoms with Gasteiger partial charge in [-0.1, -0.05) is 37.6 Å². The summed E-state index contributed by atoms with van der Waals surface area (Å²) in [7, 11) is 1.90. The van der Waals surface area contributed by atoms with E-state index in [1.54, 1.807) is 17.0 Å². The lowest BCUT2D eigenvalue weighted by Gasteiger charge is -2.29. The minimum atomic E-state index is -0.560. The van der Waals surface area contributed by atoms with E-state index in [2.05, 4.69) is 29.8 Å². The van der Waals surface area contributed by atoms with E-state index in [0.717, 1.165) is 23.4 Å². The van der Waals surface area contributed by atoms with E-state index in [-0.39, 0.29) is 30.1 Å². The van der Waals surface area contributed by atoms with Crippen molar-refractivity contribution in [2.75, 3.05) is 12.4 Å². The molecule has 3 N–H and O–H groups in total. The number of hydrogen-bond donors (Lipinski definition) is 3. The number of carbonyl (C=O) groups excluding carboxylic acids is 4. The first-order valence-corrected chi connectivity index (χ1v) is 12.0. The van der Waals surface area contributed by atoms with Gasteiger partial charge in [0.15, 0.2) is 0 Å². The fourth-order valence-electron chi connectivity index (χ4n) is 4.53. The summed E-state index contributed by atoms with van der Waals surface area (Å²) in [5.41, 5.74) is 5.79. The number of amides is 4. The molecule has 2 aromatic carbocycles. The van der Waals surface area contributed by atoms with Crippen molar-refractivity contribution in [3.63, 3.8) is 0 Å². The molecule has 9 heteroatoms. The fourth-order valence-corrected chi connectivity index (χ4v) is 4.71. The van der Waals surface area contributed by atoms with E-state index in [1.807, 2.05) is 32.2 Å². The van der Waals surface area contributed by atoms with Crippen LogP contribution in [0.25, 0.3) is 0 Å². The zero-order chi connectivity index (χ0) is 25.7. The molecule has 2 aliphatic rings. The SMILES string of the molecule is CNCc1ccc2c(c1C(C)C)CN(C1CCC(=O)NC1=O)C2=O.Cc1ccc(NC=O)cc1Cl. The lowest BCUT2D eigenvalue weighted by atomic mass is 9.90. The third-order valence-electron chi connectivity index (χ3n) is 6.20. The van der Waals surface area contributed by atoms with Crippen molar-refractivity contribution in [2.24, 2.45) is 0 Å². The molecular formula is C26H31ClN4O4. The Morgan fingerprint density at radius 3 is 2.54 bits per heavy atom. The van der Waals surface area contributed by atoms with Crippen LogP contribution in [-0.2, 0) is 27.5 Å². The normalized spacial score (nSPS) is 17.0. The number of nitrogens with one attached hydrogen (secondary N) is 3. The summed E-state index contributed by atoms with van der Waals surface area (Å²) in [6.07, 6.45) is 1.30. The van der Waals surface area contributed by atoms with Crippen molar-refractivity contribution in [3.8, 4) is 0 Å². The number of aryl methyl sites for hydroxylation is 1. The summed E-state index contributed by atoms with van der Waals surface area (Å²) in [6.45, 7) is 7.33. The number of fused-ring (bicyclic) bond motifs is 1. The second-order valence-corrected chi connectivity index (χ2v) is 9.38. The first-order valence-electron chi connectivity index (χ1n) is 11.6. The summed E-state index contributed by atoms with van der Waals surface area (Å²) in [5, 5.41) is 8.68. The van der Waals surface area contributed by atoms with Crippen LogP contribution in [0.4, 0.5) is 5.69 Å². The van der Waals surface area contributed by atoms with Crippen LogP contribution in [0.15, 0.2) is 30.3 Å². The molecule has 4 amide bonds. The molecule has 35 heavy (non-hydrogen) atoms. The Labute approximate surface area is 210 Å². The molecule has 2 aromatic rings. The highest BCUT2D eigenvalue weighted by molar-refractivity contribution is 6.31. The molecular weight excluding hydrogens is 468 g/mol. The van der Waals surface area contributed by atoms with E-state index < -0.39 is 6.04 Å². The first kappa shape index (κ1) is 26.4. The number of benzene rings is 2. The molecule has 0 saturated carbocycles. The van der Waals surface area contributed by atoms with Gasteiger partial charge in [-0.2, -0.15) is 0 Å². The molecule has 0 radical (unpaired) electrons. The van der Waals surface area contributed by atoms with Crippen LogP contribution in [0.3, 0.4) is 0 Å². The maximum absolute atomic E-state index is 12.8. The second kappa shape index (κ2) is 11.5. The van der Waals surface area contributed by atoms with Crippen LogP contribution >= 0.6 is 11.6 Å². The minimum absolute atomic E-state index is 0.114. The van der Waals surface area contributed by atoms with E-state index in [0.29, 0.717) is 30.0 Å². The van der Waals surface area contributed by atoms with Crippen LogP contribution in [0.2, 0.25) is 5.02 Å². The standard InChI is InChI=1S/C18H23N3O3.C8H8ClNO/c1-10(2)16-11(8-19-3)4-5-12-13(16)9-21(18(12)24)14-6-7-15(22)20-17(14)23;1-6-2-3-7(10-5-11)4-8(6)9/h4-5,10,14,19H,6-9H2,1-3H3,(H,20,22,23);2-5H,1H3,(H,10,11). The highest BCUT2D eigenvalue weighted by atomic mass is 35.5. The van der Waals surface area contributed by atoms with Gasteiger partial charge in [0.25, 0.3) is 5.91 Å². The lowest BCUT2D eigenvalue weighted by molar-refractivity contribution is -0.136. The van der Waals surface area contributed by atoms with Gasteiger partial charge in [0.1, 0.15) is 6.04 Å². The molecule has 0 aromatic heterocycles. The number of halogens is 1. The average molecular weight is 499 g/mol. The van der Waals surface area contributed by atoms with Crippen LogP contribution in [-0.4, -0.2) is 42.1 Å². The van der Waals surface area contributed by atoms with Crippen molar-refractivity contribution in [3.05, 3.63) is 63.2 Å². The van der Waals surface area contributed by atoms with Gasteiger partial charge in [0.05, 0.1) is 0 Å². The Bertz CT molecular complexity index is 1150. The number of nitrogens with zero attached hydrogens (tertiary/aromatic N) is 1. The Morgan fingerprint density at radius 2 is 1.94 bits per heavy atom. The lowest BCUT2D eigenvalue weighted by Crippen LogP contribution is -2.52. The molecule has 2 aliphatic heterocycles. The molecule has 2 heterocycles. The van der Waals surface area contributed by atoms with Gasteiger partial charge in [0.2, 0.25) is 18.2 Å². The number of anilines is 1. The summed E-state index contributed by atoms with van der Waals surface area (Å²) < 4.78 is 0. The molecule has 0 spiro atoms. The maximum Gasteiger partial charge on any atom is 0.255 e. The summed E-state index contributed by atoms with van der Waals surface area (Å²) >= 11 is 5.79. The molecule has 1 fully saturated rings. The highest BCUT2D eigenvalue weighted by Crippen LogP contribution is 2.35. The van der Waals surface area contributed by atoms with Crippen molar-refractivity contribution in [1.29, 1.82) is 0 Å². The smallest absolute Gasteiger partial charge is 0.255 e. The molecule has 0 bridgehead atoms. The van der Waals surface area contributed by atoms with Gasteiger partial charge in [-0.05, 0) is 66.8 Å². The number of piperidine rings is 1. The number of imide groups is 1. The maximum atomic E-state index is 12.8. The molecule has 1 atom stereocenters. The second-order valence-electron chi connectivity index (χ2n) is 8.98. The van der Waals surface area contributed by atoms with Crippen LogP contribution in [0, 0.1) is 6.92 Å². The predicted molar refractivity (Wildman–Crippen MR) is 135 cm³/mol. The third kappa shape index (κ3) is 5.89. The highest BCUT2D eigenvalue weighted by Gasteiger charge is 2.40. The molecule has 8 nitrogen and oxygen atoms in total. The first-order chi connectivity index (χ1) is 16.7. The van der Waals surface area contributed by atoms with Gasteiger partial charge in [-0.25, -0.2) is 0 Å². The third-order valence-corrected chi connectivity index (χ3v) is 6.60. The van der Waals surface area contributed by atoms with Crippen LogP contribution < -0.4 is 16.0 Å². The summed E-state index contributed by atoms with van der Waals surface area (Å²) in [4.78, 5) is 47.9. The zero-order valence-corrected chi connectivity index (χ0v) is 21.2. The Hall–Kier alpha value is -3.23. The van der Waals surface area contributed by atoms with Gasteiger partial charge in [-0.15, -0.1) is 0 Å². The number of rotatable bonds is 6. The van der Waals surface area contributed by atoms with Crippen molar-refractivity contribution in [1.82, 2.24) is 15.5 Å². The summed E-state index contributed by atoms with van der Waals surface area (Å²) in [6, 6.07) is 8.67. The Kier molecular flexibility index (Phi) is 8.64. The van der Waals surface area contributed by atoms with E-state index >= 15 is 0 Å². The zero-order valence-electron chi connectivity index (χ0n) is 20.4. The van der Waals surface area contributed by atoms with E-state index in [4.69, 9.17) is 11.6 Å². The Balaban J connectivity index is 0.000000261.